The highest BCUT2D eigenvalue weighted by Crippen LogP contribution is 2.19. The zero-order valence-electron chi connectivity index (χ0n) is 13.7. The second-order valence-corrected chi connectivity index (χ2v) is 8.38. The van der Waals surface area contributed by atoms with Gasteiger partial charge in [-0.05, 0) is 24.0 Å². The lowest BCUT2D eigenvalue weighted by atomic mass is 9.97. The van der Waals surface area contributed by atoms with Gasteiger partial charge in [0.1, 0.15) is 0 Å². The molecule has 0 atom stereocenters. The summed E-state index contributed by atoms with van der Waals surface area (Å²) in [6, 6.07) is 9.64. The van der Waals surface area contributed by atoms with E-state index >= 15 is 0 Å². The Bertz CT molecular complexity index is 647. The summed E-state index contributed by atoms with van der Waals surface area (Å²) in [5.41, 5.74) is 1.80. The first-order valence-electron chi connectivity index (χ1n) is 7.26. The van der Waals surface area contributed by atoms with Gasteiger partial charge in [-0.15, -0.1) is 0 Å². The Morgan fingerprint density at radius 2 is 1.82 bits per heavy atom. The molecule has 0 N–H and O–H groups in total. The molecule has 120 valence electrons. The third kappa shape index (κ3) is 6.42. The van der Waals surface area contributed by atoms with Gasteiger partial charge in [0, 0.05) is 24.9 Å². The molecule has 0 saturated heterocycles. The van der Waals surface area contributed by atoms with Crippen LogP contribution in [0.3, 0.4) is 0 Å². The second kappa shape index (κ2) is 7.57. The molecule has 0 bridgehead atoms. The van der Waals surface area contributed by atoms with Gasteiger partial charge < -0.3 is 0 Å². The van der Waals surface area contributed by atoms with E-state index in [1.807, 2.05) is 58.0 Å². The van der Waals surface area contributed by atoms with Gasteiger partial charge in [-0.1, -0.05) is 50.6 Å². The molecule has 0 aromatic heterocycles. The van der Waals surface area contributed by atoms with Crippen molar-refractivity contribution in [3.05, 3.63) is 40.8 Å². The third-order valence-corrected chi connectivity index (χ3v) is 4.50. The standard InChI is InChI=1S/C17H24N2O2S/c1-15-6-8-16(9-7-15)10-13-22(20,21)19(12-5-11-18)14-17(2,3)4/h6-10,13H,5,12,14H2,1-4H3/b13-10+. The van der Waals surface area contributed by atoms with Gasteiger partial charge >= 0.3 is 0 Å². The summed E-state index contributed by atoms with van der Waals surface area (Å²) < 4.78 is 26.3. The first-order valence-corrected chi connectivity index (χ1v) is 8.76. The van der Waals surface area contributed by atoms with Crippen LogP contribution < -0.4 is 0 Å². The molecule has 1 aromatic rings. The first kappa shape index (κ1) is 18.4. The lowest BCUT2D eigenvalue weighted by molar-refractivity contribution is 0.287. The molecule has 0 heterocycles. The lowest BCUT2D eigenvalue weighted by Crippen LogP contribution is -2.37. The van der Waals surface area contributed by atoms with Crippen LogP contribution in [-0.2, 0) is 10.0 Å². The molecule has 0 radical (unpaired) electrons. The third-order valence-electron chi connectivity index (χ3n) is 2.99. The van der Waals surface area contributed by atoms with Gasteiger partial charge in [0.15, 0.2) is 0 Å². The van der Waals surface area contributed by atoms with Crippen molar-refractivity contribution in [2.24, 2.45) is 5.41 Å². The summed E-state index contributed by atoms with van der Waals surface area (Å²) in [7, 11) is -3.53. The van der Waals surface area contributed by atoms with Gasteiger partial charge in [-0.3, -0.25) is 0 Å². The quantitative estimate of drug-likeness (QED) is 0.805. The van der Waals surface area contributed by atoms with Crippen molar-refractivity contribution in [3.8, 4) is 6.07 Å². The molecule has 0 aliphatic carbocycles. The zero-order valence-corrected chi connectivity index (χ0v) is 14.5. The Kier molecular flexibility index (Phi) is 6.34. The SMILES string of the molecule is Cc1ccc(/C=C/S(=O)(=O)N(CCC#N)CC(C)(C)C)cc1. The highest BCUT2D eigenvalue weighted by Gasteiger charge is 2.24. The van der Waals surface area contributed by atoms with E-state index in [9.17, 15) is 8.42 Å². The van der Waals surface area contributed by atoms with Gasteiger partial charge in [0.2, 0.25) is 10.0 Å². The van der Waals surface area contributed by atoms with Crippen LogP contribution in [-0.4, -0.2) is 25.8 Å². The van der Waals surface area contributed by atoms with E-state index in [-0.39, 0.29) is 18.4 Å². The Labute approximate surface area is 134 Å². The molecule has 0 amide bonds. The summed E-state index contributed by atoms with van der Waals surface area (Å²) in [4.78, 5) is 0. The van der Waals surface area contributed by atoms with E-state index in [2.05, 4.69) is 0 Å². The van der Waals surface area contributed by atoms with Crippen LogP contribution in [0.2, 0.25) is 0 Å². The van der Waals surface area contributed by atoms with Crippen LogP contribution in [0.25, 0.3) is 6.08 Å². The molecular weight excluding hydrogens is 296 g/mol. The minimum Gasteiger partial charge on any atom is -0.208 e. The maximum atomic E-state index is 12.5. The fourth-order valence-electron chi connectivity index (χ4n) is 1.93. The summed E-state index contributed by atoms with van der Waals surface area (Å²) >= 11 is 0. The Morgan fingerprint density at radius 1 is 1.23 bits per heavy atom. The lowest BCUT2D eigenvalue weighted by Gasteiger charge is -2.27. The van der Waals surface area contributed by atoms with Crippen LogP contribution in [0.1, 0.15) is 38.3 Å². The highest BCUT2D eigenvalue weighted by molar-refractivity contribution is 7.92. The molecule has 0 aliphatic rings. The van der Waals surface area contributed by atoms with E-state index in [1.165, 1.54) is 9.71 Å². The monoisotopic (exact) mass is 320 g/mol. The zero-order chi connectivity index (χ0) is 16.8. The van der Waals surface area contributed by atoms with Crippen molar-refractivity contribution in [2.45, 2.75) is 34.1 Å². The molecule has 0 spiro atoms. The number of nitriles is 1. The Balaban J connectivity index is 2.95. The summed E-state index contributed by atoms with van der Waals surface area (Å²) in [5, 5.41) is 9.95. The van der Waals surface area contributed by atoms with Gasteiger partial charge in [0.05, 0.1) is 6.07 Å². The average molecular weight is 320 g/mol. The van der Waals surface area contributed by atoms with Crippen molar-refractivity contribution < 1.29 is 8.42 Å². The topological polar surface area (TPSA) is 61.2 Å². The number of benzene rings is 1. The molecule has 0 unspecified atom stereocenters. The minimum atomic E-state index is -3.53. The molecule has 0 fully saturated rings. The van der Waals surface area contributed by atoms with Crippen molar-refractivity contribution >= 4 is 16.1 Å². The number of aryl methyl sites for hydroxylation is 1. The fourth-order valence-corrected chi connectivity index (χ4v) is 3.34. The predicted octanol–water partition coefficient (Wildman–Crippen LogP) is 3.56. The number of hydrogen-bond acceptors (Lipinski definition) is 3. The van der Waals surface area contributed by atoms with Crippen molar-refractivity contribution in [2.75, 3.05) is 13.1 Å². The molecule has 1 rings (SSSR count). The predicted molar refractivity (Wildman–Crippen MR) is 90.4 cm³/mol. The number of hydrogen-bond donors (Lipinski definition) is 0. The normalized spacial score (nSPS) is 12.7. The molecule has 22 heavy (non-hydrogen) atoms. The summed E-state index contributed by atoms with van der Waals surface area (Å²) in [5.74, 6) is 0. The smallest absolute Gasteiger partial charge is 0.208 e. The molecular formula is C17H24N2O2S. The summed E-state index contributed by atoms with van der Waals surface area (Å²) in [6.07, 6.45) is 1.78. The van der Waals surface area contributed by atoms with Crippen LogP contribution in [0.4, 0.5) is 0 Å². The van der Waals surface area contributed by atoms with E-state index in [4.69, 9.17) is 5.26 Å². The van der Waals surface area contributed by atoms with Gasteiger partial charge in [0.25, 0.3) is 0 Å². The number of rotatable bonds is 6. The van der Waals surface area contributed by atoms with E-state index in [1.54, 1.807) is 6.08 Å². The van der Waals surface area contributed by atoms with E-state index in [0.29, 0.717) is 6.54 Å². The van der Waals surface area contributed by atoms with Crippen molar-refractivity contribution in [1.82, 2.24) is 4.31 Å². The number of sulfonamides is 1. The maximum Gasteiger partial charge on any atom is 0.236 e. The van der Waals surface area contributed by atoms with Crippen LogP contribution in [0, 0.1) is 23.7 Å². The van der Waals surface area contributed by atoms with Crippen molar-refractivity contribution in [3.63, 3.8) is 0 Å². The van der Waals surface area contributed by atoms with E-state index in [0.717, 1.165) is 11.1 Å². The molecule has 5 heteroatoms. The van der Waals surface area contributed by atoms with E-state index < -0.39 is 10.0 Å². The minimum absolute atomic E-state index is 0.166. The summed E-state index contributed by atoms with van der Waals surface area (Å²) in [6.45, 7) is 8.52. The molecule has 0 aliphatic heterocycles. The van der Waals surface area contributed by atoms with Crippen LogP contribution in [0.5, 0.6) is 0 Å². The second-order valence-electron chi connectivity index (χ2n) is 6.56. The Hall–Kier alpha value is -1.64. The Morgan fingerprint density at radius 3 is 2.32 bits per heavy atom. The highest BCUT2D eigenvalue weighted by atomic mass is 32.2. The molecule has 4 nitrogen and oxygen atoms in total. The van der Waals surface area contributed by atoms with Crippen LogP contribution in [0.15, 0.2) is 29.7 Å². The van der Waals surface area contributed by atoms with Crippen LogP contribution >= 0.6 is 0 Å². The number of nitrogens with zero attached hydrogens (tertiary/aromatic N) is 2. The molecule has 0 saturated carbocycles. The van der Waals surface area contributed by atoms with Gasteiger partial charge in [-0.2, -0.15) is 9.57 Å². The molecule has 1 aromatic carbocycles. The largest absolute Gasteiger partial charge is 0.236 e. The fraction of sp³-hybridized carbons (Fsp3) is 0.471. The van der Waals surface area contributed by atoms with Gasteiger partial charge in [-0.25, -0.2) is 8.42 Å². The first-order chi connectivity index (χ1) is 10.1. The maximum absolute atomic E-state index is 12.5. The average Bonchev–Trinajstić information content (AvgIpc) is 2.41. The van der Waals surface area contributed by atoms with Crippen molar-refractivity contribution in [1.29, 1.82) is 5.26 Å².